The Balaban J connectivity index is 1.82. The van der Waals surface area contributed by atoms with E-state index < -0.39 is 5.97 Å². The first kappa shape index (κ1) is 11.3. The lowest BCUT2D eigenvalue weighted by Crippen LogP contribution is -2.44. The summed E-state index contributed by atoms with van der Waals surface area (Å²) in [4.78, 5) is 11.0. The Labute approximate surface area is 95.0 Å². The van der Waals surface area contributed by atoms with Gasteiger partial charge in [0.2, 0.25) is 0 Å². The van der Waals surface area contributed by atoms with Crippen LogP contribution in [-0.2, 0) is 4.79 Å². The summed E-state index contributed by atoms with van der Waals surface area (Å²) in [5, 5.41) is 12.3. The second-order valence-corrected chi connectivity index (χ2v) is 6.62. The summed E-state index contributed by atoms with van der Waals surface area (Å²) in [6.07, 6.45) is 4.63. The van der Waals surface area contributed by atoms with Crippen LogP contribution in [0.1, 0.15) is 32.6 Å². The van der Waals surface area contributed by atoms with Crippen LogP contribution >= 0.6 is 11.8 Å². The van der Waals surface area contributed by atoms with Gasteiger partial charge in [-0.3, -0.25) is 4.79 Å². The first-order chi connectivity index (χ1) is 7.11. The summed E-state index contributed by atoms with van der Waals surface area (Å²) in [5.41, 5.74) is 0. The molecule has 4 heteroatoms. The van der Waals surface area contributed by atoms with Crippen molar-refractivity contribution < 1.29 is 9.90 Å². The largest absolute Gasteiger partial charge is 0.480 e. The topological polar surface area (TPSA) is 49.3 Å². The maximum absolute atomic E-state index is 11.0. The summed E-state index contributed by atoms with van der Waals surface area (Å²) in [5.74, 6) is 0.931. The fourth-order valence-corrected chi connectivity index (χ4v) is 3.44. The molecule has 0 radical (unpaired) electrons. The van der Waals surface area contributed by atoms with E-state index in [2.05, 4.69) is 12.2 Å². The first-order valence-corrected chi connectivity index (χ1v) is 6.69. The predicted molar refractivity (Wildman–Crippen MR) is 62.2 cm³/mol. The zero-order chi connectivity index (χ0) is 10.9. The van der Waals surface area contributed by atoms with Gasteiger partial charge in [0.1, 0.15) is 6.04 Å². The van der Waals surface area contributed by atoms with Crippen molar-refractivity contribution in [3.63, 3.8) is 0 Å². The molecule has 3 nitrogen and oxygen atoms in total. The third kappa shape index (κ3) is 2.88. The van der Waals surface area contributed by atoms with Crippen LogP contribution in [0.25, 0.3) is 0 Å². The van der Waals surface area contributed by atoms with Crippen molar-refractivity contribution in [1.29, 1.82) is 0 Å². The molecule has 2 N–H and O–H groups in total. The van der Waals surface area contributed by atoms with E-state index in [1.165, 1.54) is 18.6 Å². The van der Waals surface area contributed by atoms with Crippen molar-refractivity contribution in [2.24, 2.45) is 5.92 Å². The van der Waals surface area contributed by atoms with Crippen molar-refractivity contribution in [3.8, 4) is 0 Å². The van der Waals surface area contributed by atoms with Crippen molar-refractivity contribution in [1.82, 2.24) is 5.32 Å². The van der Waals surface area contributed by atoms with E-state index in [-0.39, 0.29) is 10.8 Å². The highest BCUT2D eigenvalue weighted by molar-refractivity contribution is 8.00. The Kier molecular flexibility index (Phi) is 3.26. The Hall–Kier alpha value is -0.220. The SMILES string of the molecule is CC1(CNC(C(=O)O)C2CC2)CCCS1. The van der Waals surface area contributed by atoms with Gasteiger partial charge in [-0.15, -0.1) is 0 Å². The molecule has 2 atom stereocenters. The van der Waals surface area contributed by atoms with Crippen molar-refractivity contribution in [2.45, 2.75) is 43.4 Å². The molecule has 2 fully saturated rings. The minimum absolute atomic E-state index is 0.266. The molecule has 0 bridgehead atoms. The van der Waals surface area contributed by atoms with Gasteiger partial charge in [-0.1, -0.05) is 0 Å². The van der Waals surface area contributed by atoms with E-state index in [1.54, 1.807) is 0 Å². The highest BCUT2D eigenvalue weighted by atomic mass is 32.2. The summed E-state index contributed by atoms with van der Waals surface area (Å²) in [7, 11) is 0. The van der Waals surface area contributed by atoms with Gasteiger partial charge >= 0.3 is 5.97 Å². The van der Waals surface area contributed by atoms with E-state index >= 15 is 0 Å². The molecule has 86 valence electrons. The third-order valence-electron chi connectivity index (χ3n) is 3.36. The lowest BCUT2D eigenvalue weighted by molar-refractivity contribution is -0.140. The Morgan fingerprint density at radius 3 is 2.87 bits per heavy atom. The molecule has 2 aliphatic rings. The van der Waals surface area contributed by atoms with E-state index in [1.807, 2.05) is 11.8 Å². The van der Waals surface area contributed by atoms with Crippen molar-refractivity contribution in [2.75, 3.05) is 12.3 Å². The van der Waals surface area contributed by atoms with E-state index in [9.17, 15) is 4.79 Å². The second-order valence-electron chi connectivity index (χ2n) is 4.94. The maximum atomic E-state index is 11.0. The molecule has 15 heavy (non-hydrogen) atoms. The molecule has 2 unspecified atom stereocenters. The van der Waals surface area contributed by atoms with Crippen LogP contribution in [0.3, 0.4) is 0 Å². The molecule has 0 amide bonds. The molecule has 1 saturated carbocycles. The number of carboxylic acids is 1. The summed E-state index contributed by atoms with van der Waals surface area (Å²) >= 11 is 1.98. The molecule has 1 aliphatic heterocycles. The minimum Gasteiger partial charge on any atom is -0.480 e. The zero-order valence-electron chi connectivity index (χ0n) is 9.16. The van der Waals surface area contributed by atoms with Gasteiger partial charge in [-0.25, -0.2) is 0 Å². The molecule has 2 rings (SSSR count). The number of aliphatic carboxylic acids is 1. The molecular formula is C11H19NO2S. The number of hydrogen-bond acceptors (Lipinski definition) is 3. The lowest BCUT2D eigenvalue weighted by atomic mass is 10.0. The smallest absolute Gasteiger partial charge is 0.320 e. The monoisotopic (exact) mass is 229 g/mol. The van der Waals surface area contributed by atoms with Gasteiger partial charge in [0.15, 0.2) is 0 Å². The van der Waals surface area contributed by atoms with E-state index in [4.69, 9.17) is 5.11 Å². The van der Waals surface area contributed by atoms with Crippen molar-refractivity contribution >= 4 is 17.7 Å². The van der Waals surface area contributed by atoms with Crippen LogP contribution in [0, 0.1) is 5.92 Å². The fraction of sp³-hybridized carbons (Fsp3) is 0.909. The van der Waals surface area contributed by atoms with Crippen LogP contribution in [0.15, 0.2) is 0 Å². The average molecular weight is 229 g/mol. The highest BCUT2D eigenvalue weighted by Gasteiger charge is 2.38. The minimum atomic E-state index is -0.677. The number of hydrogen-bond donors (Lipinski definition) is 2. The van der Waals surface area contributed by atoms with Crippen LogP contribution in [0.2, 0.25) is 0 Å². The molecule has 0 aromatic heterocycles. The lowest BCUT2D eigenvalue weighted by Gasteiger charge is -2.25. The molecule has 0 aromatic carbocycles. The molecular weight excluding hydrogens is 210 g/mol. The predicted octanol–water partition coefficient (Wildman–Crippen LogP) is 1.72. The molecule has 1 aliphatic carbocycles. The van der Waals surface area contributed by atoms with Gasteiger partial charge in [-0.05, 0) is 44.3 Å². The molecule has 1 saturated heterocycles. The van der Waals surface area contributed by atoms with Gasteiger partial charge in [-0.2, -0.15) is 11.8 Å². The third-order valence-corrected chi connectivity index (χ3v) is 4.89. The van der Waals surface area contributed by atoms with Crippen LogP contribution in [0.4, 0.5) is 0 Å². The molecule has 0 spiro atoms. The number of rotatable bonds is 5. The quantitative estimate of drug-likeness (QED) is 0.753. The Morgan fingerprint density at radius 1 is 1.67 bits per heavy atom. The van der Waals surface area contributed by atoms with Gasteiger partial charge in [0.25, 0.3) is 0 Å². The van der Waals surface area contributed by atoms with E-state index in [0.717, 1.165) is 19.4 Å². The van der Waals surface area contributed by atoms with Crippen LogP contribution in [-0.4, -0.2) is 34.2 Å². The average Bonchev–Trinajstić information content (AvgIpc) is 2.90. The highest BCUT2D eigenvalue weighted by Crippen LogP contribution is 2.38. The van der Waals surface area contributed by atoms with Gasteiger partial charge in [0.05, 0.1) is 0 Å². The number of thioether (sulfide) groups is 1. The van der Waals surface area contributed by atoms with Crippen LogP contribution in [0.5, 0.6) is 0 Å². The Bertz CT molecular complexity index is 247. The number of carboxylic acid groups (broad SMARTS) is 1. The number of carbonyl (C=O) groups is 1. The summed E-state index contributed by atoms with van der Waals surface area (Å²) < 4.78 is 0.266. The zero-order valence-corrected chi connectivity index (χ0v) is 9.98. The Morgan fingerprint density at radius 2 is 2.40 bits per heavy atom. The number of nitrogens with one attached hydrogen (secondary N) is 1. The van der Waals surface area contributed by atoms with Crippen LogP contribution < -0.4 is 5.32 Å². The summed E-state index contributed by atoms with van der Waals surface area (Å²) in [6, 6.07) is -0.303. The fourth-order valence-electron chi connectivity index (χ4n) is 2.19. The molecule has 0 aromatic rings. The summed E-state index contributed by atoms with van der Waals surface area (Å²) in [6.45, 7) is 3.08. The normalized spacial score (nSPS) is 32.9. The first-order valence-electron chi connectivity index (χ1n) is 5.71. The standard InChI is InChI=1S/C11H19NO2S/c1-11(5-2-6-15-11)7-12-9(10(13)14)8-3-4-8/h8-9,12H,2-7H2,1H3,(H,13,14). The van der Waals surface area contributed by atoms with Gasteiger partial charge < -0.3 is 10.4 Å². The maximum Gasteiger partial charge on any atom is 0.320 e. The second kappa shape index (κ2) is 4.34. The molecule has 1 heterocycles. The van der Waals surface area contributed by atoms with Gasteiger partial charge in [0, 0.05) is 11.3 Å². The van der Waals surface area contributed by atoms with E-state index in [0.29, 0.717) is 5.92 Å². The van der Waals surface area contributed by atoms with Crippen molar-refractivity contribution in [3.05, 3.63) is 0 Å².